The van der Waals surface area contributed by atoms with Crippen molar-refractivity contribution in [3.8, 4) is 0 Å². The molecular formula is C47H46ClNOP2Pd+2. The second-order valence-electron chi connectivity index (χ2n) is 12.2. The van der Waals surface area contributed by atoms with Gasteiger partial charge in [0, 0.05) is 7.11 Å². The maximum Gasteiger partial charge on any atom is 0.102 e. The topological polar surface area (TPSA) is 12.5 Å². The summed E-state index contributed by atoms with van der Waals surface area (Å²) in [6.45, 7) is 0. The normalized spacial score (nSPS) is 12.8. The van der Waals surface area contributed by atoms with Crippen molar-refractivity contribution in [2.75, 3.05) is 19.1 Å². The Kier molecular flexibility index (Phi) is 16.9. The third-order valence-corrected chi connectivity index (χ3v) is 14.4. The number of halogens is 1. The number of anilines is 1. The smallest absolute Gasteiger partial charge is 0.0620 e. The number of fused-ring (bicyclic) bond motifs is 1. The van der Waals surface area contributed by atoms with Crippen LogP contribution in [0.1, 0.15) is 12.0 Å². The van der Waals surface area contributed by atoms with Crippen LogP contribution < -0.4 is 36.7 Å². The van der Waals surface area contributed by atoms with Gasteiger partial charge in [-0.25, -0.2) is 0 Å². The van der Waals surface area contributed by atoms with Crippen LogP contribution in [0.2, 0.25) is 0 Å². The molecule has 53 heavy (non-hydrogen) atoms. The summed E-state index contributed by atoms with van der Waals surface area (Å²) in [5.74, 6) is 0. The first-order valence-electron chi connectivity index (χ1n) is 17.6. The van der Waals surface area contributed by atoms with Gasteiger partial charge in [0.2, 0.25) is 0 Å². The van der Waals surface area contributed by atoms with Crippen LogP contribution in [-0.2, 0) is 22.9 Å². The Morgan fingerprint density at radius 2 is 0.736 bits per heavy atom. The number of nitrogens with zero attached hydrogens (tertiary/aromatic N) is 1. The minimum Gasteiger partial charge on any atom is -0.0620 e. The fourth-order valence-corrected chi connectivity index (χ4v) is 11.6. The largest absolute Gasteiger partial charge is 0.102 e. The summed E-state index contributed by atoms with van der Waals surface area (Å²) in [6.07, 6.45) is 3.38. The molecule has 1 unspecified atom stereocenters. The Balaban J connectivity index is 0.000000152. The molecule has 1 aliphatic heterocycles. The average molecular weight is 845 g/mol. The number of benzene rings is 7. The van der Waals surface area contributed by atoms with Crippen LogP contribution >= 0.6 is 25.4 Å². The van der Waals surface area contributed by atoms with E-state index in [0.717, 1.165) is 6.42 Å². The van der Waals surface area contributed by atoms with Gasteiger partial charge in [-0.2, -0.15) is 18.1 Å². The monoisotopic (exact) mass is 843 g/mol. The number of hydrogen-bond donors (Lipinski definition) is 0. The van der Waals surface area contributed by atoms with Crippen molar-refractivity contribution in [1.29, 1.82) is 0 Å². The number of ether oxygens (including phenoxy) is 1. The van der Waals surface area contributed by atoms with E-state index in [1.54, 1.807) is 7.11 Å². The molecule has 0 aromatic heterocycles. The van der Waals surface area contributed by atoms with E-state index in [1.165, 1.54) is 43.1 Å². The third-order valence-electron chi connectivity index (χ3n) is 8.93. The Morgan fingerprint density at radius 3 is 1.02 bits per heavy atom. The molecule has 0 bridgehead atoms. The molecule has 0 saturated heterocycles. The number of rotatable bonds is 7. The SMILES string of the molecule is COC1C[CH-]c2ccccc2N1C.[Cl][Pd+].c1ccc([PH+](c2ccccc2)c2ccccc2)cc1.c1ccc([PH+](c2ccccc2)c2ccccc2)cc1. The van der Waals surface area contributed by atoms with Gasteiger partial charge >= 0.3 is 27.7 Å². The molecule has 7 aromatic carbocycles. The maximum atomic E-state index is 5.35. The maximum absolute atomic E-state index is 5.35. The van der Waals surface area contributed by atoms with Crippen molar-refractivity contribution < 1.29 is 22.9 Å². The van der Waals surface area contributed by atoms with E-state index in [0.29, 0.717) is 0 Å². The van der Waals surface area contributed by atoms with Gasteiger partial charge in [-0.1, -0.05) is 127 Å². The predicted molar refractivity (Wildman–Crippen MR) is 233 cm³/mol. The molecule has 0 saturated carbocycles. The van der Waals surface area contributed by atoms with Crippen LogP contribution in [0.4, 0.5) is 5.69 Å². The van der Waals surface area contributed by atoms with Crippen molar-refractivity contribution in [3.05, 3.63) is 218 Å². The molecule has 270 valence electrons. The molecule has 0 aliphatic carbocycles. The molecule has 1 heterocycles. The molecule has 7 aromatic rings. The van der Waals surface area contributed by atoms with Crippen LogP contribution in [-0.4, -0.2) is 20.4 Å². The second-order valence-corrected chi connectivity index (χ2v) is 17.2. The second kappa shape index (κ2) is 22.3. The molecule has 1 atom stereocenters. The number of para-hydroxylation sites is 1. The molecule has 0 spiro atoms. The third kappa shape index (κ3) is 11.5. The van der Waals surface area contributed by atoms with Gasteiger partial charge in [0.1, 0.15) is 38.1 Å². The minimum atomic E-state index is -0.877. The Labute approximate surface area is 333 Å². The first-order valence-corrected chi connectivity index (χ1v) is 22.6. The minimum absolute atomic E-state index is 0.190. The fraction of sp³-hybridized carbons (Fsp3) is 0.0851. The molecule has 0 radical (unpaired) electrons. The zero-order valence-corrected chi connectivity index (χ0v) is 34.4. The van der Waals surface area contributed by atoms with Gasteiger partial charge in [0.25, 0.3) is 0 Å². The summed E-state index contributed by atoms with van der Waals surface area (Å²) < 4.78 is 5.35. The van der Waals surface area contributed by atoms with Gasteiger partial charge in [0.05, 0.1) is 15.8 Å². The van der Waals surface area contributed by atoms with Crippen LogP contribution in [0.3, 0.4) is 0 Å². The van der Waals surface area contributed by atoms with Crippen molar-refractivity contribution >= 4 is 62.9 Å². The van der Waals surface area contributed by atoms with Gasteiger partial charge in [0.15, 0.2) is 0 Å². The summed E-state index contributed by atoms with van der Waals surface area (Å²) in [6, 6.07) is 73.4. The van der Waals surface area contributed by atoms with E-state index < -0.39 is 15.8 Å². The summed E-state index contributed by atoms with van der Waals surface area (Å²) in [5.41, 5.74) is 2.55. The summed E-state index contributed by atoms with van der Waals surface area (Å²) >= 11 is 2.22. The summed E-state index contributed by atoms with van der Waals surface area (Å²) in [7, 11) is 6.56. The van der Waals surface area contributed by atoms with Crippen LogP contribution in [0, 0.1) is 6.42 Å². The zero-order valence-electron chi connectivity index (χ0n) is 30.0. The van der Waals surface area contributed by atoms with E-state index >= 15 is 0 Å². The molecule has 1 aliphatic rings. The van der Waals surface area contributed by atoms with Crippen molar-refractivity contribution in [2.45, 2.75) is 12.6 Å². The van der Waals surface area contributed by atoms with Gasteiger partial charge in [-0.15, -0.1) is 6.07 Å². The first kappa shape index (κ1) is 40.2. The van der Waals surface area contributed by atoms with Crippen molar-refractivity contribution in [1.82, 2.24) is 0 Å². The van der Waals surface area contributed by atoms with Crippen LogP contribution in [0.25, 0.3) is 0 Å². The van der Waals surface area contributed by atoms with Crippen LogP contribution in [0.15, 0.2) is 206 Å². The molecule has 0 amide bonds. The predicted octanol–water partition coefficient (Wildman–Crippen LogP) is 9.09. The van der Waals surface area contributed by atoms with E-state index in [1.807, 2.05) is 0 Å². The molecule has 0 fully saturated rings. The van der Waals surface area contributed by atoms with Crippen molar-refractivity contribution in [2.24, 2.45) is 0 Å². The summed E-state index contributed by atoms with van der Waals surface area (Å²) in [4.78, 5) is 2.18. The van der Waals surface area contributed by atoms with E-state index in [9.17, 15) is 0 Å². The molecule has 6 heteroatoms. The van der Waals surface area contributed by atoms with E-state index in [-0.39, 0.29) is 6.23 Å². The van der Waals surface area contributed by atoms with Gasteiger partial charge in [-0.05, 0) is 86.3 Å². The quantitative estimate of drug-likeness (QED) is 0.0903. The van der Waals surface area contributed by atoms with Gasteiger partial charge < -0.3 is 9.64 Å². The fourth-order valence-electron chi connectivity index (χ4n) is 6.41. The van der Waals surface area contributed by atoms with Gasteiger partial charge in [-0.3, -0.25) is 0 Å². The zero-order chi connectivity index (χ0) is 37.1. The molecule has 0 N–H and O–H groups in total. The average Bonchev–Trinajstić information content (AvgIpc) is 3.25. The van der Waals surface area contributed by atoms with E-state index in [4.69, 9.17) is 4.74 Å². The number of hydrogen-bond acceptors (Lipinski definition) is 2. The molecule has 2 nitrogen and oxygen atoms in total. The Morgan fingerprint density at radius 1 is 0.472 bits per heavy atom. The standard InChI is InChI=1S/2C18H15P.C11H14NO.ClH.Pd/c2*1-4-10-16(11-5-1)19(17-12-6-2-7-13-17)18-14-8-3-9-15-18;1-12-10-6-4-3-5-9(10)7-8-11(12)13-2;;/h2*1-15H;3-7,11H,8H2,1-2H3;1H;/q;;-1;;+2/p+1. The number of methoxy groups -OCH3 is 1. The Bertz CT molecular complexity index is 1700. The Hall–Kier alpha value is -4.02. The van der Waals surface area contributed by atoms with Crippen LogP contribution in [0.5, 0.6) is 0 Å². The molecular weight excluding hydrogens is 798 g/mol. The molecule has 8 rings (SSSR count). The van der Waals surface area contributed by atoms with E-state index in [2.05, 4.69) is 252 Å². The first-order chi connectivity index (χ1) is 26.2. The van der Waals surface area contributed by atoms with Crippen molar-refractivity contribution in [3.63, 3.8) is 0 Å². The summed E-state index contributed by atoms with van der Waals surface area (Å²) in [5, 5.41) is 8.61.